The van der Waals surface area contributed by atoms with Gasteiger partial charge in [-0.2, -0.15) is 0 Å². The van der Waals surface area contributed by atoms with Gasteiger partial charge in [0.25, 0.3) is 0 Å². The van der Waals surface area contributed by atoms with E-state index in [1.54, 1.807) is 6.07 Å². The van der Waals surface area contributed by atoms with Crippen molar-refractivity contribution < 1.29 is 14.3 Å². The second-order valence-electron chi connectivity index (χ2n) is 4.15. The lowest BCUT2D eigenvalue weighted by molar-refractivity contribution is -0.138. The number of halogens is 1. The van der Waals surface area contributed by atoms with Crippen LogP contribution >= 0.6 is 0 Å². The number of carboxylic acid groups (broad SMARTS) is 1. The van der Waals surface area contributed by atoms with Gasteiger partial charge in [-0.25, -0.2) is 4.39 Å². The van der Waals surface area contributed by atoms with Gasteiger partial charge in [0, 0.05) is 0 Å². The molecule has 0 fully saturated rings. The van der Waals surface area contributed by atoms with Crippen LogP contribution in [0.5, 0.6) is 0 Å². The minimum atomic E-state index is -1.07. The zero-order chi connectivity index (χ0) is 12.3. The molecule has 0 amide bonds. The monoisotopic (exact) mass is 225 g/mol. The minimum Gasteiger partial charge on any atom is -0.480 e. The molecular weight excluding hydrogens is 209 g/mol. The number of rotatable bonds is 4. The van der Waals surface area contributed by atoms with Crippen molar-refractivity contribution in [1.29, 1.82) is 0 Å². The van der Waals surface area contributed by atoms with E-state index in [2.05, 4.69) is 0 Å². The smallest absolute Gasteiger partial charge is 0.320 e. The molecule has 0 aliphatic rings. The average molecular weight is 225 g/mol. The number of carbonyl (C=O) groups is 1. The third-order valence-corrected chi connectivity index (χ3v) is 2.48. The molecule has 4 heteroatoms. The summed E-state index contributed by atoms with van der Waals surface area (Å²) in [5.41, 5.74) is 7.06. The number of hydrogen-bond donors (Lipinski definition) is 2. The van der Waals surface area contributed by atoms with Gasteiger partial charge in [-0.05, 0) is 35.6 Å². The van der Waals surface area contributed by atoms with E-state index in [1.165, 1.54) is 12.1 Å². The minimum absolute atomic E-state index is 0.153. The molecule has 88 valence electrons. The first-order valence-electron chi connectivity index (χ1n) is 5.18. The summed E-state index contributed by atoms with van der Waals surface area (Å²) < 4.78 is 13.1. The Labute approximate surface area is 94.1 Å². The molecule has 1 unspecified atom stereocenters. The van der Waals surface area contributed by atoms with Gasteiger partial charge in [0.1, 0.15) is 11.9 Å². The summed E-state index contributed by atoms with van der Waals surface area (Å²) in [4.78, 5) is 10.7. The van der Waals surface area contributed by atoms with Crippen LogP contribution in [0.2, 0.25) is 0 Å². The van der Waals surface area contributed by atoms with Crippen molar-refractivity contribution in [2.45, 2.75) is 32.2 Å². The zero-order valence-electron chi connectivity index (χ0n) is 9.40. The number of nitrogens with two attached hydrogens (primary N) is 1. The Balaban J connectivity index is 3.01. The molecule has 3 N–H and O–H groups in total. The molecule has 0 saturated carbocycles. The van der Waals surface area contributed by atoms with Gasteiger partial charge < -0.3 is 10.8 Å². The lowest BCUT2D eigenvalue weighted by atomic mass is 9.93. The molecule has 0 heterocycles. The molecule has 0 aliphatic carbocycles. The van der Waals surface area contributed by atoms with Crippen molar-refractivity contribution in [3.63, 3.8) is 0 Å². The van der Waals surface area contributed by atoms with Gasteiger partial charge in [0.2, 0.25) is 0 Å². The lowest BCUT2D eigenvalue weighted by Crippen LogP contribution is -2.32. The summed E-state index contributed by atoms with van der Waals surface area (Å²) in [7, 11) is 0. The number of hydrogen-bond acceptors (Lipinski definition) is 2. The molecule has 1 aromatic rings. The van der Waals surface area contributed by atoms with Crippen molar-refractivity contribution in [2.75, 3.05) is 0 Å². The molecule has 0 spiro atoms. The second kappa shape index (κ2) is 5.07. The standard InChI is InChI=1S/C12H16FNO2/c1-7(2)10-4-3-9(13)5-8(10)6-11(14)12(15)16/h3-5,7,11H,6,14H2,1-2H3,(H,15,16). The molecular formula is C12H16FNO2. The summed E-state index contributed by atoms with van der Waals surface area (Å²) in [5, 5.41) is 8.72. The molecule has 1 aromatic carbocycles. The van der Waals surface area contributed by atoms with E-state index in [0.717, 1.165) is 5.56 Å². The van der Waals surface area contributed by atoms with E-state index < -0.39 is 12.0 Å². The summed E-state index contributed by atoms with van der Waals surface area (Å²) in [5.74, 6) is -1.22. The Hall–Kier alpha value is -1.42. The first kappa shape index (κ1) is 12.6. The molecule has 0 bridgehead atoms. The highest BCUT2D eigenvalue weighted by atomic mass is 19.1. The van der Waals surface area contributed by atoms with Crippen molar-refractivity contribution in [1.82, 2.24) is 0 Å². The number of benzene rings is 1. The van der Waals surface area contributed by atoms with Crippen LogP contribution in [-0.2, 0) is 11.2 Å². The highest BCUT2D eigenvalue weighted by Gasteiger charge is 2.16. The Kier molecular flexibility index (Phi) is 4.01. The number of aliphatic carboxylic acids is 1. The maximum Gasteiger partial charge on any atom is 0.320 e. The van der Waals surface area contributed by atoms with E-state index in [-0.39, 0.29) is 18.2 Å². The molecule has 0 aliphatic heterocycles. The van der Waals surface area contributed by atoms with Crippen LogP contribution in [0.3, 0.4) is 0 Å². The average Bonchev–Trinajstić information content (AvgIpc) is 2.16. The molecule has 0 radical (unpaired) electrons. The fourth-order valence-electron chi connectivity index (χ4n) is 1.64. The van der Waals surface area contributed by atoms with Crippen LogP contribution < -0.4 is 5.73 Å². The maximum absolute atomic E-state index is 13.1. The van der Waals surface area contributed by atoms with E-state index >= 15 is 0 Å². The number of carboxylic acids is 1. The van der Waals surface area contributed by atoms with E-state index in [1.807, 2.05) is 13.8 Å². The Bertz CT molecular complexity index is 391. The van der Waals surface area contributed by atoms with Crippen LogP contribution in [0.15, 0.2) is 18.2 Å². The predicted molar refractivity (Wildman–Crippen MR) is 59.8 cm³/mol. The van der Waals surface area contributed by atoms with Crippen molar-refractivity contribution >= 4 is 5.97 Å². The molecule has 0 aromatic heterocycles. The summed E-state index contributed by atoms with van der Waals surface area (Å²) in [6.07, 6.45) is 0.153. The predicted octanol–water partition coefficient (Wildman–Crippen LogP) is 1.90. The van der Waals surface area contributed by atoms with Gasteiger partial charge in [0.05, 0.1) is 0 Å². The summed E-state index contributed by atoms with van der Waals surface area (Å²) in [6, 6.07) is 3.44. The first-order chi connectivity index (χ1) is 7.41. The Morgan fingerprint density at radius 3 is 2.62 bits per heavy atom. The van der Waals surface area contributed by atoms with Crippen LogP contribution in [0.4, 0.5) is 4.39 Å². The van der Waals surface area contributed by atoms with Crippen LogP contribution in [0.25, 0.3) is 0 Å². The fourth-order valence-corrected chi connectivity index (χ4v) is 1.64. The van der Waals surface area contributed by atoms with Gasteiger partial charge >= 0.3 is 5.97 Å². The fraction of sp³-hybridized carbons (Fsp3) is 0.417. The largest absolute Gasteiger partial charge is 0.480 e. The van der Waals surface area contributed by atoms with Crippen molar-refractivity contribution in [3.05, 3.63) is 35.1 Å². The molecule has 3 nitrogen and oxygen atoms in total. The normalized spacial score (nSPS) is 12.8. The van der Waals surface area contributed by atoms with Crippen molar-refractivity contribution in [3.8, 4) is 0 Å². The van der Waals surface area contributed by atoms with E-state index in [4.69, 9.17) is 10.8 Å². The van der Waals surface area contributed by atoms with Gasteiger partial charge in [-0.15, -0.1) is 0 Å². The third-order valence-electron chi connectivity index (χ3n) is 2.48. The van der Waals surface area contributed by atoms with E-state index in [9.17, 15) is 9.18 Å². The highest BCUT2D eigenvalue weighted by molar-refractivity contribution is 5.73. The van der Waals surface area contributed by atoms with E-state index in [0.29, 0.717) is 5.56 Å². The molecule has 16 heavy (non-hydrogen) atoms. The first-order valence-corrected chi connectivity index (χ1v) is 5.18. The maximum atomic E-state index is 13.1. The summed E-state index contributed by atoms with van der Waals surface area (Å²) in [6.45, 7) is 3.95. The van der Waals surface area contributed by atoms with Crippen LogP contribution in [0.1, 0.15) is 30.9 Å². The molecule has 1 rings (SSSR count). The van der Waals surface area contributed by atoms with Gasteiger partial charge in [-0.1, -0.05) is 19.9 Å². The highest BCUT2D eigenvalue weighted by Crippen LogP contribution is 2.21. The topological polar surface area (TPSA) is 63.3 Å². The quantitative estimate of drug-likeness (QED) is 0.822. The SMILES string of the molecule is CC(C)c1ccc(F)cc1CC(N)C(=O)O. The van der Waals surface area contributed by atoms with Crippen LogP contribution in [0, 0.1) is 5.82 Å². The van der Waals surface area contributed by atoms with Crippen molar-refractivity contribution in [2.24, 2.45) is 5.73 Å². The van der Waals surface area contributed by atoms with Crippen LogP contribution in [-0.4, -0.2) is 17.1 Å². The molecule has 1 atom stereocenters. The van der Waals surface area contributed by atoms with Gasteiger partial charge in [0.15, 0.2) is 0 Å². The summed E-state index contributed by atoms with van der Waals surface area (Å²) >= 11 is 0. The molecule has 0 saturated heterocycles. The second-order valence-corrected chi connectivity index (χ2v) is 4.15. The Morgan fingerprint density at radius 2 is 2.12 bits per heavy atom. The zero-order valence-corrected chi connectivity index (χ0v) is 9.40. The lowest BCUT2D eigenvalue weighted by Gasteiger charge is -2.14. The van der Waals surface area contributed by atoms with Gasteiger partial charge in [-0.3, -0.25) is 4.79 Å². The third kappa shape index (κ3) is 3.03. The Morgan fingerprint density at radius 1 is 1.50 bits per heavy atom.